The van der Waals surface area contributed by atoms with Crippen LogP contribution < -0.4 is 5.32 Å². The lowest BCUT2D eigenvalue weighted by Gasteiger charge is -2.23. The molecule has 0 aliphatic carbocycles. The number of carboxylic acid groups (broad SMARTS) is 1. The zero-order valence-corrected chi connectivity index (χ0v) is 12.1. The summed E-state index contributed by atoms with van der Waals surface area (Å²) in [5.41, 5.74) is 1.01. The molecule has 7 heteroatoms. The van der Waals surface area contributed by atoms with Crippen LogP contribution in [0.3, 0.4) is 0 Å². The molecule has 0 saturated heterocycles. The van der Waals surface area contributed by atoms with Gasteiger partial charge in [0, 0.05) is 12.0 Å². The smallest absolute Gasteiger partial charge is 0.328 e. The van der Waals surface area contributed by atoms with Gasteiger partial charge < -0.3 is 15.2 Å². The highest BCUT2D eigenvalue weighted by atomic mass is 32.2. The zero-order valence-electron chi connectivity index (χ0n) is 10.4. The lowest BCUT2D eigenvalue weighted by molar-refractivity contribution is -0.143. The Morgan fingerprint density at radius 2 is 2.42 bits per heavy atom. The molecule has 2 atom stereocenters. The number of methoxy groups -OCH3 is 1. The molecule has 0 bridgehead atoms. The van der Waals surface area contributed by atoms with E-state index < -0.39 is 12.0 Å². The Morgan fingerprint density at radius 3 is 3.11 bits per heavy atom. The van der Waals surface area contributed by atoms with Crippen LogP contribution in [0.4, 0.5) is 0 Å². The predicted molar refractivity (Wildman–Crippen MR) is 74.7 cm³/mol. The van der Waals surface area contributed by atoms with Gasteiger partial charge in [0.05, 0.1) is 6.61 Å². The monoisotopic (exact) mass is 301 g/mol. The van der Waals surface area contributed by atoms with Gasteiger partial charge in [0.25, 0.3) is 0 Å². The Kier molecular flexibility index (Phi) is 4.84. The van der Waals surface area contributed by atoms with Crippen LogP contribution in [0.2, 0.25) is 0 Å². The molecule has 1 amide bonds. The van der Waals surface area contributed by atoms with Gasteiger partial charge >= 0.3 is 5.97 Å². The molecule has 2 rings (SSSR count). The van der Waals surface area contributed by atoms with Gasteiger partial charge in [-0.1, -0.05) is 0 Å². The summed E-state index contributed by atoms with van der Waals surface area (Å²) in [5.74, 6) is -0.455. The summed E-state index contributed by atoms with van der Waals surface area (Å²) in [5, 5.41) is 13.2. The van der Waals surface area contributed by atoms with E-state index in [9.17, 15) is 9.59 Å². The molecule has 5 nitrogen and oxygen atoms in total. The second kappa shape index (κ2) is 6.40. The van der Waals surface area contributed by atoms with Gasteiger partial charge in [-0.2, -0.15) is 0 Å². The van der Waals surface area contributed by atoms with E-state index in [0.29, 0.717) is 0 Å². The zero-order chi connectivity index (χ0) is 13.8. The van der Waals surface area contributed by atoms with Crippen LogP contribution in [0.5, 0.6) is 0 Å². The highest BCUT2D eigenvalue weighted by Gasteiger charge is 2.30. The number of fused-ring (bicyclic) bond motifs is 1. The lowest BCUT2D eigenvalue weighted by Crippen LogP contribution is -2.45. The number of carbonyl (C=O) groups is 2. The van der Waals surface area contributed by atoms with E-state index in [2.05, 4.69) is 5.32 Å². The SMILES string of the molecule is COCC(NC(=O)C1SCCc2sccc21)C(=O)O. The summed E-state index contributed by atoms with van der Waals surface area (Å²) in [6.45, 7) is -0.0328. The van der Waals surface area contributed by atoms with Crippen LogP contribution in [-0.2, 0) is 20.7 Å². The van der Waals surface area contributed by atoms with Crippen molar-refractivity contribution in [1.29, 1.82) is 0 Å². The first kappa shape index (κ1) is 14.4. The maximum atomic E-state index is 12.2. The fourth-order valence-corrected chi connectivity index (χ4v) is 4.25. The maximum absolute atomic E-state index is 12.2. The van der Waals surface area contributed by atoms with Crippen LogP contribution in [-0.4, -0.2) is 42.5 Å². The topological polar surface area (TPSA) is 75.6 Å². The Labute approximate surface area is 119 Å². The van der Waals surface area contributed by atoms with Gasteiger partial charge in [-0.05, 0) is 29.2 Å². The average Bonchev–Trinajstić information content (AvgIpc) is 2.85. The van der Waals surface area contributed by atoms with Crippen molar-refractivity contribution in [2.24, 2.45) is 0 Å². The van der Waals surface area contributed by atoms with Crippen LogP contribution in [0.25, 0.3) is 0 Å². The number of hydrogen-bond donors (Lipinski definition) is 2. The average molecular weight is 301 g/mol. The molecule has 1 aromatic heterocycles. The quantitative estimate of drug-likeness (QED) is 0.857. The minimum Gasteiger partial charge on any atom is -0.480 e. The third-order valence-corrected chi connectivity index (χ3v) is 5.10. The largest absolute Gasteiger partial charge is 0.480 e. The summed E-state index contributed by atoms with van der Waals surface area (Å²) >= 11 is 3.20. The predicted octanol–water partition coefficient (Wildman–Crippen LogP) is 1.29. The summed E-state index contributed by atoms with van der Waals surface area (Å²) in [4.78, 5) is 24.4. The molecule has 0 radical (unpaired) electrons. The van der Waals surface area contributed by atoms with Crippen molar-refractivity contribution < 1.29 is 19.4 Å². The first-order valence-corrected chi connectivity index (χ1v) is 7.76. The van der Waals surface area contributed by atoms with E-state index in [1.165, 1.54) is 12.0 Å². The number of nitrogens with one attached hydrogen (secondary N) is 1. The number of amides is 1. The van der Waals surface area contributed by atoms with Gasteiger partial charge in [0.15, 0.2) is 6.04 Å². The van der Waals surface area contributed by atoms with E-state index in [1.807, 2.05) is 11.4 Å². The molecule has 2 heterocycles. The second-order valence-corrected chi connectivity index (χ2v) is 6.37. The number of thiophene rings is 1. The summed E-state index contributed by atoms with van der Waals surface area (Å²) in [7, 11) is 1.41. The lowest BCUT2D eigenvalue weighted by atomic mass is 10.1. The third-order valence-electron chi connectivity index (χ3n) is 2.86. The number of carbonyl (C=O) groups excluding carboxylic acids is 1. The first-order chi connectivity index (χ1) is 9.13. The summed E-state index contributed by atoms with van der Waals surface area (Å²) in [6.07, 6.45) is 0.974. The standard InChI is InChI=1S/C12H15NO4S2/c1-17-6-8(12(15)16)13-11(14)10-7-2-4-18-9(7)3-5-19-10/h2,4,8,10H,3,5-6H2,1H3,(H,13,14)(H,15,16). The molecule has 0 aromatic carbocycles. The minimum absolute atomic E-state index is 0.0328. The molecule has 19 heavy (non-hydrogen) atoms. The van der Waals surface area contributed by atoms with Crippen molar-refractivity contribution in [3.63, 3.8) is 0 Å². The van der Waals surface area contributed by atoms with E-state index in [1.54, 1.807) is 23.1 Å². The number of hydrogen-bond acceptors (Lipinski definition) is 5. The molecule has 0 fully saturated rings. The third kappa shape index (κ3) is 3.29. The fourth-order valence-electron chi connectivity index (χ4n) is 1.95. The maximum Gasteiger partial charge on any atom is 0.328 e. The normalized spacial score (nSPS) is 19.5. The van der Waals surface area contributed by atoms with Crippen LogP contribution >= 0.6 is 23.1 Å². The Balaban J connectivity index is 2.07. The van der Waals surface area contributed by atoms with Gasteiger partial charge in [-0.25, -0.2) is 4.79 Å². The number of carboxylic acids is 1. The van der Waals surface area contributed by atoms with Crippen molar-refractivity contribution in [1.82, 2.24) is 5.32 Å². The van der Waals surface area contributed by atoms with Gasteiger partial charge in [-0.15, -0.1) is 23.1 Å². The van der Waals surface area contributed by atoms with E-state index >= 15 is 0 Å². The molecule has 2 N–H and O–H groups in total. The van der Waals surface area contributed by atoms with Crippen molar-refractivity contribution in [3.8, 4) is 0 Å². The van der Waals surface area contributed by atoms with Gasteiger partial charge in [-0.3, -0.25) is 4.79 Å². The first-order valence-electron chi connectivity index (χ1n) is 5.83. The van der Waals surface area contributed by atoms with E-state index in [-0.39, 0.29) is 17.8 Å². The molecular formula is C12H15NO4S2. The Morgan fingerprint density at radius 1 is 1.63 bits per heavy atom. The van der Waals surface area contributed by atoms with Crippen molar-refractivity contribution in [2.75, 3.05) is 19.5 Å². The van der Waals surface area contributed by atoms with Crippen molar-refractivity contribution in [3.05, 3.63) is 21.9 Å². The number of aryl methyl sites for hydroxylation is 1. The molecule has 0 spiro atoms. The van der Waals surface area contributed by atoms with E-state index in [4.69, 9.17) is 9.84 Å². The van der Waals surface area contributed by atoms with Gasteiger partial charge in [0.1, 0.15) is 5.25 Å². The second-order valence-electron chi connectivity index (χ2n) is 4.15. The highest BCUT2D eigenvalue weighted by Crippen LogP contribution is 2.39. The number of thioether (sulfide) groups is 1. The van der Waals surface area contributed by atoms with Gasteiger partial charge in [0.2, 0.25) is 5.91 Å². The van der Waals surface area contributed by atoms with Crippen LogP contribution in [0.15, 0.2) is 11.4 Å². The molecule has 1 aromatic rings. The van der Waals surface area contributed by atoms with Crippen LogP contribution in [0, 0.1) is 0 Å². The number of rotatable bonds is 5. The van der Waals surface area contributed by atoms with Crippen LogP contribution in [0.1, 0.15) is 15.7 Å². The van der Waals surface area contributed by atoms with Crippen molar-refractivity contribution >= 4 is 35.0 Å². The van der Waals surface area contributed by atoms with Crippen molar-refractivity contribution in [2.45, 2.75) is 17.7 Å². The highest BCUT2D eigenvalue weighted by molar-refractivity contribution is 8.00. The number of aliphatic carboxylic acids is 1. The minimum atomic E-state index is -1.08. The summed E-state index contributed by atoms with van der Waals surface area (Å²) < 4.78 is 4.81. The molecule has 0 saturated carbocycles. The fraction of sp³-hybridized carbons (Fsp3) is 0.500. The molecule has 1 aliphatic rings. The summed E-state index contributed by atoms with van der Waals surface area (Å²) in [6, 6.07) is 0.949. The molecular weight excluding hydrogens is 286 g/mol. The number of ether oxygens (including phenoxy) is 1. The molecule has 104 valence electrons. The Hall–Kier alpha value is -1.05. The molecule has 1 aliphatic heterocycles. The van der Waals surface area contributed by atoms with E-state index in [0.717, 1.165) is 17.7 Å². The Bertz CT molecular complexity index is 474. The molecule has 2 unspecified atom stereocenters.